The van der Waals surface area contributed by atoms with Crippen LogP contribution in [0, 0.1) is 0 Å². The number of rotatable bonds is 1. The van der Waals surface area contributed by atoms with Crippen LogP contribution in [-0.4, -0.2) is 6.08 Å². The monoisotopic (exact) mass is 225 g/mol. The predicted molar refractivity (Wildman–Crippen MR) is 67.1 cm³/mol. The number of carbonyl (C=O) groups excluding carboxylic acids is 1. The molecule has 76 valence electrons. The molecule has 1 heterocycles. The number of fused-ring (bicyclic) bond motifs is 3. The molecule has 2 aromatic carbocycles. The zero-order valence-corrected chi connectivity index (χ0v) is 9.12. The Morgan fingerprint density at radius 2 is 1.81 bits per heavy atom. The molecule has 3 aromatic rings. The first-order valence-electron chi connectivity index (χ1n) is 4.87. The molecular weight excluding hydrogens is 218 g/mol. The number of hydrogen-bond acceptors (Lipinski definition) is 3. The van der Waals surface area contributed by atoms with E-state index in [1.807, 2.05) is 30.3 Å². The molecule has 0 spiro atoms. The van der Waals surface area contributed by atoms with Crippen molar-refractivity contribution in [2.75, 3.05) is 0 Å². The van der Waals surface area contributed by atoms with E-state index in [9.17, 15) is 4.79 Å². The highest BCUT2D eigenvalue weighted by atomic mass is 32.1. The molecule has 0 saturated carbocycles. The molecule has 0 aliphatic heterocycles. The third-order valence-corrected chi connectivity index (χ3v) is 3.67. The number of isocyanates is 1. The lowest BCUT2D eigenvalue weighted by Gasteiger charge is -1.92. The summed E-state index contributed by atoms with van der Waals surface area (Å²) in [5.74, 6) is 0. The largest absolute Gasteiger partial charge is 0.240 e. The fraction of sp³-hybridized carbons (Fsp3) is 0. The van der Waals surface area contributed by atoms with Crippen LogP contribution in [0.25, 0.3) is 20.2 Å². The molecule has 0 radical (unpaired) electrons. The maximum Gasteiger partial charge on any atom is 0.240 e. The molecule has 0 saturated heterocycles. The predicted octanol–water partition coefficient (Wildman–Crippen LogP) is 4.02. The van der Waals surface area contributed by atoms with Crippen molar-refractivity contribution in [2.24, 2.45) is 4.99 Å². The summed E-state index contributed by atoms with van der Waals surface area (Å²) in [5.41, 5.74) is 0.661. The number of benzene rings is 2. The first-order chi connectivity index (χ1) is 7.88. The van der Waals surface area contributed by atoms with Gasteiger partial charge in [0.15, 0.2) is 0 Å². The van der Waals surface area contributed by atoms with Gasteiger partial charge in [0.25, 0.3) is 0 Å². The minimum Gasteiger partial charge on any atom is -0.211 e. The molecule has 0 fully saturated rings. The van der Waals surface area contributed by atoms with Gasteiger partial charge in [-0.05, 0) is 18.2 Å². The van der Waals surface area contributed by atoms with Crippen LogP contribution in [0.3, 0.4) is 0 Å². The van der Waals surface area contributed by atoms with E-state index in [0.717, 1.165) is 4.70 Å². The van der Waals surface area contributed by atoms with Crippen LogP contribution in [0.2, 0.25) is 0 Å². The Kier molecular flexibility index (Phi) is 2.07. The van der Waals surface area contributed by atoms with Gasteiger partial charge in [-0.1, -0.05) is 24.3 Å². The van der Waals surface area contributed by atoms with E-state index in [1.165, 1.54) is 15.5 Å². The average molecular weight is 225 g/mol. The van der Waals surface area contributed by atoms with Crippen molar-refractivity contribution in [3.63, 3.8) is 0 Å². The standard InChI is InChI=1S/C13H7NOS/c15-8-14-9-5-6-11-10-3-1-2-4-12(10)16-13(11)7-9/h1-7H. The van der Waals surface area contributed by atoms with Gasteiger partial charge in [-0.3, -0.25) is 0 Å². The molecule has 0 atom stereocenters. The number of nitrogens with zero attached hydrogens (tertiary/aromatic N) is 1. The van der Waals surface area contributed by atoms with Crippen molar-refractivity contribution < 1.29 is 4.79 Å². The second-order valence-electron chi connectivity index (χ2n) is 3.48. The highest BCUT2D eigenvalue weighted by Crippen LogP contribution is 2.35. The first kappa shape index (κ1) is 9.28. The average Bonchev–Trinajstić information content (AvgIpc) is 2.67. The molecule has 0 aliphatic carbocycles. The zero-order chi connectivity index (χ0) is 11.0. The van der Waals surface area contributed by atoms with Gasteiger partial charge in [0.2, 0.25) is 6.08 Å². The van der Waals surface area contributed by atoms with E-state index in [-0.39, 0.29) is 0 Å². The highest BCUT2D eigenvalue weighted by molar-refractivity contribution is 7.25. The maximum atomic E-state index is 10.2. The molecule has 16 heavy (non-hydrogen) atoms. The van der Waals surface area contributed by atoms with E-state index >= 15 is 0 Å². The smallest absolute Gasteiger partial charge is 0.211 e. The van der Waals surface area contributed by atoms with Crippen molar-refractivity contribution >= 4 is 43.3 Å². The topological polar surface area (TPSA) is 29.4 Å². The molecule has 0 N–H and O–H groups in total. The van der Waals surface area contributed by atoms with Gasteiger partial charge in [0.05, 0.1) is 5.69 Å². The van der Waals surface area contributed by atoms with Crippen LogP contribution in [0.5, 0.6) is 0 Å². The third kappa shape index (κ3) is 1.34. The van der Waals surface area contributed by atoms with E-state index < -0.39 is 0 Å². The highest BCUT2D eigenvalue weighted by Gasteiger charge is 2.04. The van der Waals surface area contributed by atoms with E-state index in [4.69, 9.17) is 0 Å². The van der Waals surface area contributed by atoms with Gasteiger partial charge in [-0.15, -0.1) is 11.3 Å². The SMILES string of the molecule is O=C=Nc1ccc2c(c1)sc1ccccc12. The van der Waals surface area contributed by atoms with Gasteiger partial charge in [-0.25, -0.2) is 4.79 Å². The van der Waals surface area contributed by atoms with Crippen molar-refractivity contribution in [3.05, 3.63) is 42.5 Å². The molecule has 0 amide bonds. The third-order valence-electron chi connectivity index (χ3n) is 2.54. The number of thiophene rings is 1. The van der Waals surface area contributed by atoms with Gasteiger partial charge >= 0.3 is 0 Å². The van der Waals surface area contributed by atoms with E-state index in [2.05, 4.69) is 17.1 Å². The Labute approximate surface area is 95.9 Å². The van der Waals surface area contributed by atoms with Gasteiger partial charge in [0, 0.05) is 20.2 Å². The van der Waals surface area contributed by atoms with Gasteiger partial charge in [-0.2, -0.15) is 4.99 Å². The lowest BCUT2D eigenvalue weighted by molar-refractivity contribution is 0.565. The summed E-state index contributed by atoms with van der Waals surface area (Å²) in [6.07, 6.45) is 1.56. The summed E-state index contributed by atoms with van der Waals surface area (Å²) in [7, 11) is 0. The summed E-state index contributed by atoms with van der Waals surface area (Å²) < 4.78 is 2.41. The summed E-state index contributed by atoms with van der Waals surface area (Å²) in [6, 6.07) is 14.0. The van der Waals surface area contributed by atoms with Crippen LogP contribution in [0.4, 0.5) is 5.69 Å². The number of aliphatic imine (C=N–C) groups is 1. The molecule has 0 bridgehead atoms. The summed E-state index contributed by atoms with van der Waals surface area (Å²) in [5, 5.41) is 2.47. The minimum atomic E-state index is 0.661. The van der Waals surface area contributed by atoms with E-state index in [1.54, 1.807) is 17.4 Å². The first-order valence-corrected chi connectivity index (χ1v) is 5.69. The van der Waals surface area contributed by atoms with Crippen LogP contribution in [0.1, 0.15) is 0 Å². The van der Waals surface area contributed by atoms with Crippen molar-refractivity contribution in [2.45, 2.75) is 0 Å². The minimum absolute atomic E-state index is 0.661. The normalized spacial score (nSPS) is 10.5. The summed E-state index contributed by atoms with van der Waals surface area (Å²) in [6.45, 7) is 0. The van der Waals surface area contributed by atoms with Crippen LogP contribution in [0.15, 0.2) is 47.5 Å². The summed E-state index contributed by atoms with van der Waals surface area (Å²) >= 11 is 1.71. The van der Waals surface area contributed by atoms with Crippen molar-refractivity contribution in [1.29, 1.82) is 0 Å². The Morgan fingerprint density at radius 3 is 2.69 bits per heavy atom. The Morgan fingerprint density at radius 1 is 1.00 bits per heavy atom. The van der Waals surface area contributed by atoms with Crippen molar-refractivity contribution in [1.82, 2.24) is 0 Å². The lowest BCUT2D eigenvalue weighted by atomic mass is 10.1. The second-order valence-corrected chi connectivity index (χ2v) is 4.57. The Bertz CT molecular complexity index is 723. The van der Waals surface area contributed by atoms with Crippen LogP contribution >= 0.6 is 11.3 Å². The lowest BCUT2D eigenvalue weighted by Crippen LogP contribution is -1.66. The van der Waals surface area contributed by atoms with Crippen LogP contribution < -0.4 is 0 Å². The molecule has 3 heteroatoms. The Balaban J connectivity index is 2.41. The molecule has 3 rings (SSSR count). The Hall–Kier alpha value is -1.96. The van der Waals surface area contributed by atoms with E-state index in [0.29, 0.717) is 5.69 Å². The molecule has 2 nitrogen and oxygen atoms in total. The summed E-state index contributed by atoms with van der Waals surface area (Å²) in [4.78, 5) is 13.8. The molecular formula is C13H7NOS. The fourth-order valence-electron chi connectivity index (χ4n) is 1.84. The fourth-order valence-corrected chi connectivity index (χ4v) is 2.98. The maximum absolute atomic E-state index is 10.2. The quantitative estimate of drug-likeness (QED) is 0.454. The van der Waals surface area contributed by atoms with Gasteiger partial charge in [0.1, 0.15) is 0 Å². The molecule has 1 aromatic heterocycles. The molecule has 0 aliphatic rings. The zero-order valence-electron chi connectivity index (χ0n) is 8.31. The second kappa shape index (κ2) is 3.56. The van der Waals surface area contributed by atoms with Crippen LogP contribution in [-0.2, 0) is 4.79 Å². The van der Waals surface area contributed by atoms with Gasteiger partial charge < -0.3 is 0 Å². The van der Waals surface area contributed by atoms with Crippen molar-refractivity contribution in [3.8, 4) is 0 Å². The molecule has 0 unspecified atom stereocenters. The number of hydrogen-bond donors (Lipinski definition) is 0.